The van der Waals surface area contributed by atoms with Crippen LogP contribution >= 0.6 is 0 Å². The van der Waals surface area contributed by atoms with Crippen LogP contribution in [-0.4, -0.2) is 54.7 Å². The van der Waals surface area contributed by atoms with Gasteiger partial charge in [0.05, 0.1) is 13.2 Å². The Morgan fingerprint density at radius 3 is 2.72 bits per heavy atom. The van der Waals surface area contributed by atoms with E-state index in [0.717, 1.165) is 11.1 Å². The summed E-state index contributed by atoms with van der Waals surface area (Å²) in [6.45, 7) is 1.81. The van der Waals surface area contributed by atoms with Gasteiger partial charge in [-0.3, -0.25) is 9.69 Å². The maximum Gasteiger partial charge on any atom is 0.276 e. The molecule has 0 bridgehead atoms. The molecular formula is C22H22FN3O3. The van der Waals surface area contributed by atoms with E-state index < -0.39 is 0 Å². The second-order valence-corrected chi connectivity index (χ2v) is 7.11. The summed E-state index contributed by atoms with van der Waals surface area (Å²) in [5.74, 6) is 0.764. The van der Waals surface area contributed by atoms with Gasteiger partial charge < -0.3 is 14.2 Å². The third kappa shape index (κ3) is 4.00. The van der Waals surface area contributed by atoms with Gasteiger partial charge in [0, 0.05) is 31.3 Å². The highest BCUT2D eigenvalue weighted by molar-refractivity contribution is 5.93. The van der Waals surface area contributed by atoms with Crippen molar-refractivity contribution in [2.45, 2.75) is 6.04 Å². The summed E-state index contributed by atoms with van der Waals surface area (Å²) in [7, 11) is 3.60. The van der Waals surface area contributed by atoms with Crippen LogP contribution < -0.4 is 4.74 Å². The van der Waals surface area contributed by atoms with Crippen molar-refractivity contribution in [2.24, 2.45) is 0 Å². The van der Waals surface area contributed by atoms with Gasteiger partial charge >= 0.3 is 0 Å². The Morgan fingerprint density at radius 2 is 1.97 bits per heavy atom. The number of rotatable bonds is 4. The van der Waals surface area contributed by atoms with Crippen LogP contribution in [0.1, 0.15) is 22.1 Å². The molecule has 4 rings (SSSR count). The van der Waals surface area contributed by atoms with E-state index in [-0.39, 0.29) is 23.5 Å². The standard InChI is InChI=1S/C22H22FN3O3/c1-25-10-11-26(14-20(25)15-6-8-17(23)9-7-15)22(27)19-13-21(29-24-19)16-4-3-5-18(12-16)28-2/h3-9,12-13,20H,10-11,14H2,1-2H3. The Balaban J connectivity index is 1.52. The second kappa shape index (κ2) is 8.05. The zero-order valence-corrected chi connectivity index (χ0v) is 16.3. The number of ether oxygens (including phenoxy) is 1. The van der Waals surface area contributed by atoms with Gasteiger partial charge in [-0.2, -0.15) is 0 Å². The molecule has 1 amide bonds. The second-order valence-electron chi connectivity index (χ2n) is 7.11. The summed E-state index contributed by atoms with van der Waals surface area (Å²) in [6.07, 6.45) is 0. The molecule has 7 heteroatoms. The van der Waals surface area contributed by atoms with Crippen molar-refractivity contribution in [1.82, 2.24) is 15.0 Å². The molecule has 0 spiro atoms. The van der Waals surface area contributed by atoms with Crippen LogP contribution in [0.25, 0.3) is 11.3 Å². The number of benzene rings is 2. The first kappa shape index (κ1) is 19.1. The Morgan fingerprint density at radius 1 is 1.17 bits per heavy atom. The van der Waals surface area contributed by atoms with Gasteiger partial charge in [0.1, 0.15) is 11.6 Å². The Hall–Kier alpha value is -3.19. The van der Waals surface area contributed by atoms with Crippen molar-refractivity contribution < 1.29 is 18.4 Å². The third-order valence-corrected chi connectivity index (χ3v) is 5.27. The molecule has 1 saturated heterocycles. The van der Waals surface area contributed by atoms with Crippen molar-refractivity contribution in [2.75, 3.05) is 33.8 Å². The number of piperazine rings is 1. The summed E-state index contributed by atoms with van der Waals surface area (Å²) in [6, 6.07) is 15.5. The number of halogens is 1. The average Bonchev–Trinajstić information content (AvgIpc) is 3.25. The number of amides is 1. The van der Waals surface area contributed by atoms with E-state index >= 15 is 0 Å². The van der Waals surface area contributed by atoms with E-state index in [0.29, 0.717) is 31.1 Å². The fourth-order valence-corrected chi connectivity index (χ4v) is 3.55. The van der Waals surface area contributed by atoms with Gasteiger partial charge in [0.25, 0.3) is 5.91 Å². The van der Waals surface area contributed by atoms with E-state index in [1.807, 2.05) is 31.3 Å². The minimum atomic E-state index is -0.271. The number of nitrogens with zero attached hydrogens (tertiary/aromatic N) is 3. The van der Waals surface area contributed by atoms with Crippen LogP contribution in [0.15, 0.2) is 59.1 Å². The number of carbonyl (C=O) groups is 1. The molecule has 2 aromatic carbocycles. The van der Waals surface area contributed by atoms with Crippen LogP contribution in [0, 0.1) is 5.82 Å². The summed E-state index contributed by atoms with van der Waals surface area (Å²) >= 11 is 0. The van der Waals surface area contributed by atoms with Crippen molar-refractivity contribution in [1.29, 1.82) is 0 Å². The Kier molecular flexibility index (Phi) is 5.31. The summed E-state index contributed by atoms with van der Waals surface area (Å²) in [4.78, 5) is 16.9. The van der Waals surface area contributed by atoms with Crippen molar-refractivity contribution in [3.8, 4) is 17.1 Å². The van der Waals surface area contributed by atoms with Gasteiger partial charge in [0.2, 0.25) is 0 Å². The molecule has 1 aromatic heterocycles. The highest BCUT2D eigenvalue weighted by Gasteiger charge is 2.30. The van der Waals surface area contributed by atoms with E-state index in [2.05, 4.69) is 10.1 Å². The number of hydrogen-bond donors (Lipinski definition) is 0. The van der Waals surface area contributed by atoms with E-state index in [1.165, 1.54) is 12.1 Å². The molecule has 1 aliphatic heterocycles. The molecule has 1 aliphatic rings. The zero-order valence-electron chi connectivity index (χ0n) is 16.3. The third-order valence-electron chi connectivity index (χ3n) is 5.27. The Bertz CT molecular complexity index is 1000. The molecule has 6 nitrogen and oxygen atoms in total. The van der Waals surface area contributed by atoms with Crippen molar-refractivity contribution in [3.63, 3.8) is 0 Å². The van der Waals surface area contributed by atoms with E-state index in [4.69, 9.17) is 9.26 Å². The fourth-order valence-electron chi connectivity index (χ4n) is 3.55. The normalized spacial score (nSPS) is 17.3. The van der Waals surface area contributed by atoms with Crippen LogP contribution in [0.5, 0.6) is 5.75 Å². The molecule has 0 N–H and O–H groups in total. The van der Waals surface area contributed by atoms with Crippen LogP contribution in [-0.2, 0) is 0 Å². The lowest BCUT2D eigenvalue weighted by Gasteiger charge is -2.39. The Labute approximate surface area is 168 Å². The van der Waals surface area contributed by atoms with Crippen LogP contribution in [0.4, 0.5) is 4.39 Å². The minimum Gasteiger partial charge on any atom is -0.497 e. The molecule has 1 atom stereocenters. The summed E-state index contributed by atoms with van der Waals surface area (Å²) in [5.41, 5.74) is 2.03. The van der Waals surface area contributed by atoms with Crippen LogP contribution in [0.2, 0.25) is 0 Å². The molecule has 0 radical (unpaired) electrons. The molecule has 1 unspecified atom stereocenters. The molecule has 2 heterocycles. The molecule has 3 aromatic rings. The summed E-state index contributed by atoms with van der Waals surface area (Å²) in [5, 5.41) is 3.98. The predicted octanol–water partition coefficient (Wildman–Crippen LogP) is 3.62. The number of hydrogen-bond acceptors (Lipinski definition) is 5. The molecule has 1 fully saturated rings. The molecule has 29 heavy (non-hydrogen) atoms. The molecule has 0 aliphatic carbocycles. The van der Waals surface area contributed by atoms with Crippen molar-refractivity contribution in [3.05, 3.63) is 71.7 Å². The number of carbonyl (C=O) groups excluding carboxylic acids is 1. The largest absolute Gasteiger partial charge is 0.497 e. The first-order chi connectivity index (χ1) is 14.0. The lowest BCUT2D eigenvalue weighted by molar-refractivity contribution is 0.0536. The highest BCUT2D eigenvalue weighted by atomic mass is 19.1. The van der Waals surface area contributed by atoms with Gasteiger partial charge in [0.15, 0.2) is 11.5 Å². The average molecular weight is 395 g/mol. The summed E-state index contributed by atoms with van der Waals surface area (Å²) < 4.78 is 23.9. The number of aromatic nitrogens is 1. The van der Waals surface area contributed by atoms with Gasteiger partial charge in [-0.25, -0.2) is 4.39 Å². The van der Waals surface area contributed by atoms with E-state index in [1.54, 1.807) is 30.2 Å². The lowest BCUT2D eigenvalue weighted by atomic mass is 10.0. The maximum absolute atomic E-state index is 13.3. The number of likely N-dealkylation sites (N-methyl/N-ethyl adjacent to an activating group) is 1. The molecular weight excluding hydrogens is 373 g/mol. The topological polar surface area (TPSA) is 58.8 Å². The fraction of sp³-hybridized carbons (Fsp3) is 0.273. The maximum atomic E-state index is 13.3. The minimum absolute atomic E-state index is 0.00180. The zero-order chi connectivity index (χ0) is 20.4. The van der Waals surface area contributed by atoms with Gasteiger partial charge in [-0.15, -0.1) is 0 Å². The monoisotopic (exact) mass is 395 g/mol. The van der Waals surface area contributed by atoms with Crippen LogP contribution in [0.3, 0.4) is 0 Å². The highest BCUT2D eigenvalue weighted by Crippen LogP contribution is 2.27. The predicted molar refractivity (Wildman–Crippen MR) is 106 cm³/mol. The number of methoxy groups -OCH3 is 1. The van der Waals surface area contributed by atoms with Crippen molar-refractivity contribution >= 4 is 5.91 Å². The van der Waals surface area contributed by atoms with Gasteiger partial charge in [-0.05, 0) is 36.9 Å². The lowest BCUT2D eigenvalue weighted by Crippen LogP contribution is -2.49. The first-order valence-corrected chi connectivity index (χ1v) is 9.41. The van der Waals surface area contributed by atoms with E-state index in [9.17, 15) is 9.18 Å². The van der Waals surface area contributed by atoms with Gasteiger partial charge in [-0.1, -0.05) is 29.4 Å². The quantitative estimate of drug-likeness (QED) is 0.675. The molecule has 0 saturated carbocycles. The SMILES string of the molecule is COc1cccc(-c2cc(C(=O)N3CCN(C)C(c4ccc(F)cc4)C3)no2)c1. The first-order valence-electron chi connectivity index (χ1n) is 9.41. The molecule has 150 valence electrons. The smallest absolute Gasteiger partial charge is 0.276 e.